The van der Waals surface area contributed by atoms with E-state index in [9.17, 15) is 23.5 Å². The number of aryl methyl sites for hydroxylation is 1. The average Bonchev–Trinajstić information content (AvgIpc) is 2.67. The van der Waals surface area contributed by atoms with Gasteiger partial charge in [-0.3, -0.25) is 4.79 Å². The molecule has 0 bridgehead atoms. The number of rotatable bonds is 5. The van der Waals surface area contributed by atoms with Gasteiger partial charge in [0.15, 0.2) is 0 Å². The molecule has 2 aromatic rings. The van der Waals surface area contributed by atoms with E-state index < -0.39 is 17.6 Å². The van der Waals surface area contributed by atoms with Crippen molar-refractivity contribution >= 4 is 11.9 Å². The molecule has 1 fully saturated rings. The van der Waals surface area contributed by atoms with Crippen molar-refractivity contribution in [1.82, 2.24) is 4.90 Å². The van der Waals surface area contributed by atoms with Crippen molar-refractivity contribution in [3.8, 4) is 5.75 Å². The smallest absolute Gasteiger partial charge is 0.339 e. The van der Waals surface area contributed by atoms with Gasteiger partial charge in [-0.25, -0.2) is 13.6 Å². The van der Waals surface area contributed by atoms with Crippen LogP contribution in [0.2, 0.25) is 0 Å². The summed E-state index contributed by atoms with van der Waals surface area (Å²) in [5.74, 6) is -3.02. The molecule has 0 radical (unpaired) electrons. The van der Waals surface area contributed by atoms with E-state index in [0.29, 0.717) is 31.9 Å². The molecule has 148 valence electrons. The first-order chi connectivity index (χ1) is 13.4. The Morgan fingerprint density at radius 2 is 1.89 bits per heavy atom. The number of amides is 1. The highest BCUT2D eigenvalue weighted by Crippen LogP contribution is 2.28. The summed E-state index contributed by atoms with van der Waals surface area (Å²) in [6, 6.07) is 5.85. The van der Waals surface area contributed by atoms with E-state index in [1.54, 1.807) is 17.9 Å². The lowest BCUT2D eigenvalue weighted by Gasteiger charge is -2.27. The quantitative estimate of drug-likeness (QED) is 0.848. The number of carboxylic acid groups (broad SMARTS) is 1. The Bertz CT molecular complexity index is 910. The molecule has 8 heteroatoms. The monoisotopic (exact) mass is 391 g/mol. The molecule has 1 saturated heterocycles. The number of carboxylic acids is 1. The first-order valence-corrected chi connectivity index (χ1v) is 8.68. The Kier molecular flexibility index (Phi) is 5.89. The minimum Gasteiger partial charge on any atom is -0.488 e. The van der Waals surface area contributed by atoms with E-state index in [1.165, 1.54) is 12.1 Å². The van der Waals surface area contributed by atoms with E-state index in [1.807, 2.05) is 0 Å². The highest BCUT2D eigenvalue weighted by atomic mass is 19.1. The van der Waals surface area contributed by atoms with Crippen LogP contribution in [-0.2, 0) is 11.3 Å². The maximum atomic E-state index is 13.8. The van der Waals surface area contributed by atoms with Crippen LogP contribution in [0.25, 0.3) is 0 Å². The lowest BCUT2D eigenvalue weighted by atomic mass is 10.0. The number of carbonyl (C=O) groups excluding carboxylic acids is 1. The van der Waals surface area contributed by atoms with Gasteiger partial charge in [0.25, 0.3) is 5.91 Å². The molecular weight excluding hydrogens is 372 g/mol. The van der Waals surface area contributed by atoms with Crippen molar-refractivity contribution in [2.45, 2.75) is 13.5 Å². The predicted octanol–water partition coefficient (Wildman–Crippen LogP) is 3.02. The Labute approximate surface area is 160 Å². The van der Waals surface area contributed by atoms with Gasteiger partial charge in [0.1, 0.15) is 29.6 Å². The topological polar surface area (TPSA) is 76.1 Å². The molecule has 0 aromatic heterocycles. The van der Waals surface area contributed by atoms with Crippen molar-refractivity contribution in [2.24, 2.45) is 0 Å². The zero-order valence-electron chi connectivity index (χ0n) is 15.2. The van der Waals surface area contributed by atoms with Crippen molar-refractivity contribution in [3.63, 3.8) is 0 Å². The van der Waals surface area contributed by atoms with Crippen LogP contribution >= 0.6 is 0 Å². The number of ether oxygens (including phenoxy) is 2. The van der Waals surface area contributed by atoms with Gasteiger partial charge in [-0.2, -0.15) is 0 Å². The molecular formula is C20H19F2NO5. The maximum Gasteiger partial charge on any atom is 0.339 e. The van der Waals surface area contributed by atoms with Crippen LogP contribution in [-0.4, -0.2) is 48.2 Å². The molecule has 1 aliphatic rings. The van der Waals surface area contributed by atoms with Crippen molar-refractivity contribution in [2.75, 3.05) is 26.3 Å². The second kappa shape index (κ2) is 8.35. The van der Waals surface area contributed by atoms with E-state index >= 15 is 0 Å². The van der Waals surface area contributed by atoms with Gasteiger partial charge >= 0.3 is 5.97 Å². The normalized spacial score (nSPS) is 14.0. The van der Waals surface area contributed by atoms with E-state index in [4.69, 9.17) is 9.47 Å². The third kappa shape index (κ3) is 4.28. The molecule has 1 heterocycles. The summed E-state index contributed by atoms with van der Waals surface area (Å²) in [6.45, 7) is 3.06. The fourth-order valence-electron chi connectivity index (χ4n) is 2.99. The van der Waals surface area contributed by atoms with E-state index in [0.717, 1.165) is 12.1 Å². The highest BCUT2D eigenvalue weighted by Gasteiger charge is 2.23. The molecule has 6 nitrogen and oxygen atoms in total. The fourth-order valence-corrected chi connectivity index (χ4v) is 2.99. The number of aromatic carboxylic acids is 1. The largest absolute Gasteiger partial charge is 0.488 e. The number of hydrogen-bond acceptors (Lipinski definition) is 4. The SMILES string of the molecule is Cc1cc(C(=O)N2CCOCC2)cc(C(=O)O)c1OCc1ccc(F)cc1F. The van der Waals surface area contributed by atoms with Crippen LogP contribution in [0.1, 0.15) is 31.8 Å². The standard InChI is InChI=1S/C20H19F2NO5/c1-12-8-14(19(24)23-4-6-27-7-5-23)9-16(20(25)26)18(12)28-11-13-2-3-15(21)10-17(13)22/h2-3,8-10H,4-7,11H2,1H3,(H,25,26). The molecule has 1 aliphatic heterocycles. The van der Waals surface area contributed by atoms with Gasteiger partial charge in [-0.05, 0) is 36.8 Å². The summed E-state index contributed by atoms with van der Waals surface area (Å²) in [5.41, 5.74) is 0.556. The molecule has 0 saturated carbocycles. The molecule has 0 aliphatic carbocycles. The van der Waals surface area contributed by atoms with E-state index in [2.05, 4.69) is 0 Å². The predicted molar refractivity (Wildman–Crippen MR) is 95.6 cm³/mol. The van der Waals surface area contributed by atoms with Crippen LogP contribution in [0.3, 0.4) is 0 Å². The third-order valence-electron chi connectivity index (χ3n) is 4.44. The number of morpholine rings is 1. The van der Waals surface area contributed by atoms with Crippen molar-refractivity contribution in [1.29, 1.82) is 0 Å². The first kappa shape index (κ1) is 19.8. The molecule has 2 aromatic carbocycles. The molecule has 1 N–H and O–H groups in total. The average molecular weight is 391 g/mol. The Balaban J connectivity index is 1.86. The van der Waals surface area contributed by atoms with E-state index in [-0.39, 0.29) is 35.0 Å². The van der Waals surface area contributed by atoms with Gasteiger partial charge in [-0.1, -0.05) is 0 Å². The first-order valence-electron chi connectivity index (χ1n) is 8.68. The number of carbonyl (C=O) groups is 2. The van der Waals surface area contributed by atoms with Crippen molar-refractivity contribution in [3.05, 3.63) is 64.2 Å². The lowest BCUT2D eigenvalue weighted by Crippen LogP contribution is -2.40. The van der Waals surface area contributed by atoms with Gasteiger partial charge in [-0.15, -0.1) is 0 Å². The summed E-state index contributed by atoms with van der Waals surface area (Å²) < 4.78 is 37.6. The Hall–Kier alpha value is -3.00. The molecule has 28 heavy (non-hydrogen) atoms. The highest BCUT2D eigenvalue weighted by molar-refractivity contribution is 5.99. The van der Waals surface area contributed by atoms with Crippen LogP contribution in [0, 0.1) is 18.6 Å². The fraction of sp³-hybridized carbons (Fsp3) is 0.300. The minimum absolute atomic E-state index is 0.0368. The van der Waals surface area contributed by atoms with Gasteiger partial charge < -0.3 is 19.5 Å². The zero-order valence-corrected chi connectivity index (χ0v) is 15.2. The molecule has 0 atom stereocenters. The van der Waals surface area contributed by atoms with Gasteiger partial charge in [0, 0.05) is 30.3 Å². The zero-order chi connectivity index (χ0) is 20.3. The Morgan fingerprint density at radius 1 is 1.18 bits per heavy atom. The van der Waals surface area contributed by atoms with Gasteiger partial charge in [0.05, 0.1) is 13.2 Å². The maximum absolute atomic E-state index is 13.8. The molecule has 0 spiro atoms. The second-order valence-electron chi connectivity index (χ2n) is 6.40. The van der Waals surface area contributed by atoms with Gasteiger partial charge in [0.2, 0.25) is 0 Å². The summed E-state index contributed by atoms with van der Waals surface area (Å²) >= 11 is 0. The molecule has 1 amide bonds. The molecule has 0 unspecified atom stereocenters. The number of nitrogens with zero attached hydrogens (tertiary/aromatic N) is 1. The van der Waals surface area contributed by atoms with Crippen LogP contribution < -0.4 is 4.74 Å². The molecule has 3 rings (SSSR count). The van der Waals surface area contributed by atoms with Crippen LogP contribution in [0.5, 0.6) is 5.75 Å². The Morgan fingerprint density at radius 3 is 2.54 bits per heavy atom. The third-order valence-corrected chi connectivity index (χ3v) is 4.44. The number of hydrogen-bond donors (Lipinski definition) is 1. The number of benzene rings is 2. The second-order valence-corrected chi connectivity index (χ2v) is 6.40. The summed E-state index contributed by atoms with van der Waals surface area (Å²) in [5, 5.41) is 9.55. The van der Waals surface area contributed by atoms with Crippen LogP contribution in [0.15, 0.2) is 30.3 Å². The number of halogens is 2. The summed E-state index contributed by atoms with van der Waals surface area (Å²) in [6.07, 6.45) is 0. The van der Waals surface area contributed by atoms with Crippen LogP contribution in [0.4, 0.5) is 8.78 Å². The summed E-state index contributed by atoms with van der Waals surface area (Å²) in [7, 11) is 0. The minimum atomic E-state index is -1.27. The lowest BCUT2D eigenvalue weighted by molar-refractivity contribution is 0.0302. The van der Waals surface area contributed by atoms with Crippen molar-refractivity contribution < 1.29 is 33.0 Å². The summed E-state index contributed by atoms with van der Waals surface area (Å²) in [4.78, 5) is 25.9.